The molecule has 0 spiro atoms. The van der Waals surface area contributed by atoms with E-state index in [1.807, 2.05) is 13.0 Å². The summed E-state index contributed by atoms with van der Waals surface area (Å²) in [6.45, 7) is 1.99. The van der Waals surface area contributed by atoms with Gasteiger partial charge in [0.1, 0.15) is 0 Å². The first-order valence-corrected chi connectivity index (χ1v) is 3.70. The number of hydrogen-bond donors (Lipinski definition) is 2. The highest BCUT2D eigenvalue weighted by atomic mass is 16.3. The zero-order valence-electron chi connectivity index (χ0n) is 6.25. The first-order valence-electron chi connectivity index (χ1n) is 3.70. The minimum Gasteiger partial charge on any atom is -0.393 e. The summed E-state index contributed by atoms with van der Waals surface area (Å²) in [5, 5.41) is 18.4. The summed E-state index contributed by atoms with van der Waals surface area (Å²) in [7, 11) is 0. The van der Waals surface area contributed by atoms with Crippen LogP contribution in [0, 0.1) is 0 Å². The van der Waals surface area contributed by atoms with Crippen LogP contribution in [0.3, 0.4) is 0 Å². The van der Waals surface area contributed by atoms with Gasteiger partial charge in [-0.3, -0.25) is 0 Å². The minimum absolute atomic E-state index is 0.339. The predicted octanol–water partition coefficient (Wildman–Crippen LogP) is 0.838. The van der Waals surface area contributed by atoms with E-state index in [4.69, 9.17) is 0 Å². The fourth-order valence-corrected chi connectivity index (χ4v) is 1.29. The van der Waals surface area contributed by atoms with Crippen molar-refractivity contribution in [2.24, 2.45) is 0 Å². The van der Waals surface area contributed by atoms with Gasteiger partial charge in [-0.1, -0.05) is 11.6 Å². The summed E-state index contributed by atoms with van der Waals surface area (Å²) in [5.74, 6) is 0. The van der Waals surface area contributed by atoms with Gasteiger partial charge >= 0.3 is 0 Å². The Morgan fingerprint density at radius 2 is 2.10 bits per heavy atom. The number of rotatable bonds is 0. The van der Waals surface area contributed by atoms with Gasteiger partial charge in [-0.05, 0) is 26.2 Å². The largest absolute Gasteiger partial charge is 0.393 e. The molecule has 0 heterocycles. The van der Waals surface area contributed by atoms with E-state index < -0.39 is 0 Å². The van der Waals surface area contributed by atoms with Gasteiger partial charge < -0.3 is 10.2 Å². The number of aliphatic hydroxyl groups is 2. The van der Waals surface area contributed by atoms with Crippen molar-refractivity contribution >= 4 is 0 Å². The Hall–Kier alpha value is -0.340. The van der Waals surface area contributed by atoms with Crippen LogP contribution in [0.2, 0.25) is 0 Å². The Kier molecular flexibility index (Phi) is 2.46. The monoisotopic (exact) mass is 142 g/mol. The number of aliphatic hydroxyl groups excluding tert-OH is 2. The van der Waals surface area contributed by atoms with Crippen LogP contribution >= 0.6 is 0 Å². The van der Waals surface area contributed by atoms with Gasteiger partial charge in [-0.25, -0.2) is 0 Å². The molecule has 10 heavy (non-hydrogen) atoms. The molecule has 0 bridgehead atoms. The first-order chi connectivity index (χ1) is 4.68. The molecule has 0 aromatic heterocycles. The molecule has 0 aromatic rings. The van der Waals surface area contributed by atoms with E-state index in [-0.39, 0.29) is 12.2 Å². The van der Waals surface area contributed by atoms with Crippen LogP contribution in [0.1, 0.15) is 26.2 Å². The maximum atomic E-state index is 9.23. The Morgan fingerprint density at radius 1 is 1.40 bits per heavy atom. The van der Waals surface area contributed by atoms with Crippen molar-refractivity contribution in [2.75, 3.05) is 0 Å². The van der Waals surface area contributed by atoms with Crippen LogP contribution in [0.5, 0.6) is 0 Å². The molecule has 0 fully saturated rings. The lowest BCUT2D eigenvalue weighted by Crippen LogP contribution is -2.14. The molecular weight excluding hydrogens is 128 g/mol. The molecule has 0 saturated heterocycles. The molecule has 0 aliphatic heterocycles. The summed E-state index contributed by atoms with van der Waals surface area (Å²) in [4.78, 5) is 0. The third-order valence-corrected chi connectivity index (χ3v) is 1.84. The molecule has 0 amide bonds. The highest BCUT2D eigenvalue weighted by Gasteiger charge is 2.14. The highest BCUT2D eigenvalue weighted by molar-refractivity contribution is 5.03. The quantitative estimate of drug-likeness (QED) is 0.492. The molecule has 2 unspecified atom stereocenters. The van der Waals surface area contributed by atoms with E-state index in [1.165, 1.54) is 5.57 Å². The fraction of sp³-hybridized carbons (Fsp3) is 0.750. The van der Waals surface area contributed by atoms with Crippen LogP contribution in [0.25, 0.3) is 0 Å². The Labute approximate surface area is 61.2 Å². The molecule has 0 aromatic carbocycles. The summed E-state index contributed by atoms with van der Waals surface area (Å²) >= 11 is 0. The second-order valence-corrected chi connectivity index (χ2v) is 3.03. The predicted molar refractivity (Wildman–Crippen MR) is 39.6 cm³/mol. The zero-order chi connectivity index (χ0) is 7.56. The second kappa shape index (κ2) is 3.17. The molecule has 1 aliphatic rings. The average molecular weight is 142 g/mol. The van der Waals surface area contributed by atoms with Gasteiger partial charge in [0.25, 0.3) is 0 Å². The molecule has 58 valence electrons. The SMILES string of the molecule is CC1=CCC(O)CC(O)C1. The van der Waals surface area contributed by atoms with E-state index in [1.54, 1.807) is 0 Å². The van der Waals surface area contributed by atoms with E-state index in [2.05, 4.69) is 0 Å². The van der Waals surface area contributed by atoms with Crippen molar-refractivity contribution in [1.82, 2.24) is 0 Å². The van der Waals surface area contributed by atoms with Crippen LogP contribution in [-0.2, 0) is 0 Å². The Balaban J connectivity index is 2.53. The number of hydrogen-bond acceptors (Lipinski definition) is 2. The van der Waals surface area contributed by atoms with Crippen molar-refractivity contribution in [3.63, 3.8) is 0 Å². The molecule has 2 atom stereocenters. The van der Waals surface area contributed by atoms with Crippen molar-refractivity contribution in [1.29, 1.82) is 0 Å². The maximum absolute atomic E-state index is 9.23. The molecule has 2 heteroatoms. The Morgan fingerprint density at radius 3 is 2.80 bits per heavy atom. The lowest BCUT2D eigenvalue weighted by molar-refractivity contribution is 0.0872. The van der Waals surface area contributed by atoms with Crippen LogP contribution in [0.15, 0.2) is 11.6 Å². The minimum atomic E-state index is -0.340. The van der Waals surface area contributed by atoms with E-state index in [0.717, 1.165) is 6.42 Å². The van der Waals surface area contributed by atoms with Crippen LogP contribution in [0.4, 0.5) is 0 Å². The van der Waals surface area contributed by atoms with Gasteiger partial charge in [0, 0.05) is 0 Å². The van der Waals surface area contributed by atoms with Crippen LogP contribution in [-0.4, -0.2) is 22.4 Å². The molecule has 2 nitrogen and oxygen atoms in total. The van der Waals surface area contributed by atoms with Gasteiger partial charge in [-0.15, -0.1) is 0 Å². The zero-order valence-corrected chi connectivity index (χ0v) is 6.25. The van der Waals surface area contributed by atoms with Gasteiger partial charge in [0.15, 0.2) is 0 Å². The summed E-state index contributed by atoms with van der Waals surface area (Å²) in [6.07, 6.45) is 3.26. The lowest BCUT2D eigenvalue weighted by atomic mass is 10.1. The van der Waals surface area contributed by atoms with E-state index in [9.17, 15) is 10.2 Å². The van der Waals surface area contributed by atoms with Gasteiger partial charge in [0.2, 0.25) is 0 Å². The van der Waals surface area contributed by atoms with Crippen molar-refractivity contribution < 1.29 is 10.2 Å². The van der Waals surface area contributed by atoms with Crippen molar-refractivity contribution in [2.45, 2.75) is 38.4 Å². The summed E-state index contributed by atoms with van der Waals surface area (Å²) in [6, 6.07) is 0. The first kappa shape index (κ1) is 7.76. The standard InChI is InChI=1S/C8H14O2/c1-6-2-3-7(9)5-8(10)4-6/h2,7-10H,3-5H2,1H3. The van der Waals surface area contributed by atoms with Gasteiger partial charge in [-0.2, -0.15) is 0 Å². The maximum Gasteiger partial charge on any atom is 0.0601 e. The third kappa shape index (κ3) is 2.12. The van der Waals surface area contributed by atoms with Crippen LogP contribution < -0.4 is 0 Å². The fourth-order valence-electron chi connectivity index (χ4n) is 1.29. The lowest BCUT2D eigenvalue weighted by Gasteiger charge is -2.09. The van der Waals surface area contributed by atoms with Gasteiger partial charge in [0.05, 0.1) is 12.2 Å². The molecular formula is C8H14O2. The normalized spacial score (nSPS) is 34.9. The molecule has 1 aliphatic carbocycles. The summed E-state index contributed by atoms with van der Waals surface area (Å²) in [5.41, 5.74) is 1.18. The van der Waals surface area contributed by atoms with E-state index >= 15 is 0 Å². The molecule has 2 N–H and O–H groups in total. The molecule has 0 saturated carbocycles. The summed E-state index contributed by atoms with van der Waals surface area (Å²) < 4.78 is 0. The Bertz CT molecular complexity index is 140. The average Bonchev–Trinajstić information content (AvgIpc) is 1.93. The molecule has 0 radical (unpaired) electrons. The van der Waals surface area contributed by atoms with Crippen molar-refractivity contribution in [3.8, 4) is 0 Å². The molecule has 1 rings (SSSR count). The highest BCUT2D eigenvalue weighted by Crippen LogP contribution is 2.17. The van der Waals surface area contributed by atoms with E-state index in [0.29, 0.717) is 12.8 Å². The topological polar surface area (TPSA) is 40.5 Å². The third-order valence-electron chi connectivity index (χ3n) is 1.84. The second-order valence-electron chi connectivity index (χ2n) is 3.03. The smallest absolute Gasteiger partial charge is 0.0601 e. The van der Waals surface area contributed by atoms with Crippen molar-refractivity contribution in [3.05, 3.63) is 11.6 Å².